The van der Waals surface area contributed by atoms with Crippen molar-refractivity contribution in [2.75, 3.05) is 7.05 Å². The van der Waals surface area contributed by atoms with Crippen molar-refractivity contribution in [1.82, 2.24) is 15.3 Å². The molecule has 1 amide bonds. The first-order valence-corrected chi connectivity index (χ1v) is 6.47. The number of nitrogens with two attached hydrogens (primary N) is 1. The Morgan fingerprint density at radius 1 is 1.59 bits per heavy atom. The molecule has 6 heteroatoms. The molecule has 0 saturated heterocycles. The summed E-state index contributed by atoms with van der Waals surface area (Å²) >= 11 is 1.62. The van der Waals surface area contributed by atoms with Crippen molar-refractivity contribution in [1.29, 1.82) is 0 Å². The Balaban J connectivity index is 2.01. The van der Waals surface area contributed by atoms with Gasteiger partial charge in [-0.05, 0) is 32.4 Å². The van der Waals surface area contributed by atoms with Crippen LogP contribution < -0.4 is 11.1 Å². The van der Waals surface area contributed by atoms with Gasteiger partial charge in [-0.15, -0.1) is 0 Å². The number of aromatic nitrogens is 2. The fourth-order valence-corrected chi connectivity index (χ4v) is 3.32. The summed E-state index contributed by atoms with van der Waals surface area (Å²) in [6.07, 6.45) is 5.92. The van der Waals surface area contributed by atoms with Crippen molar-refractivity contribution in [2.24, 2.45) is 5.73 Å². The van der Waals surface area contributed by atoms with Gasteiger partial charge in [0, 0.05) is 17.6 Å². The molecule has 1 aromatic heterocycles. The van der Waals surface area contributed by atoms with Gasteiger partial charge in [-0.1, -0.05) is 11.8 Å². The highest BCUT2D eigenvalue weighted by atomic mass is 32.2. The third-order valence-electron chi connectivity index (χ3n) is 3.23. The minimum atomic E-state index is -0.549. The summed E-state index contributed by atoms with van der Waals surface area (Å²) in [5, 5.41) is 4.17. The van der Waals surface area contributed by atoms with E-state index in [1.54, 1.807) is 37.3 Å². The molecule has 1 aliphatic rings. The van der Waals surface area contributed by atoms with Crippen molar-refractivity contribution < 1.29 is 4.79 Å². The van der Waals surface area contributed by atoms with Crippen molar-refractivity contribution >= 4 is 17.7 Å². The Morgan fingerprint density at radius 2 is 2.29 bits per heavy atom. The number of likely N-dealkylation sites (N-methyl/N-ethyl adjacent to an activating group) is 1. The molecule has 5 nitrogen and oxygen atoms in total. The van der Waals surface area contributed by atoms with E-state index in [0.29, 0.717) is 5.25 Å². The zero-order valence-corrected chi connectivity index (χ0v) is 10.5. The lowest BCUT2D eigenvalue weighted by atomic mass is 9.97. The predicted molar refractivity (Wildman–Crippen MR) is 66.5 cm³/mol. The quantitative estimate of drug-likeness (QED) is 0.765. The summed E-state index contributed by atoms with van der Waals surface area (Å²) < 4.78 is 0. The second-order valence-corrected chi connectivity index (χ2v) is 5.48. The monoisotopic (exact) mass is 252 g/mol. The van der Waals surface area contributed by atoms with Gasteiger partial charge in [-0.3, -0.25) is 4.79 Å². The van der Waals surface area contributed by atoms with E-state index in [9.17, 15) is 4.79 Å². The van der Waals surface area contributed by atoms with Gasteiger partial charge in [-0.2, -0.15) is 0 Å². The highest BCUT2D eigenvalue weighted by molar-refractivity contribution is 7.99. The fourth-order valence-electron chi connectivity index (χ4n) is 2.17. The summed E-state index contributed by atoms with van der Waals surface area (Å²) in [6.45, 7) is 0. The minimum Gasteiger partial charge on any atom is -0.368 e. The second kappa shape index (κ2) is 5.01. The number of carbonyl (C=O) groups excluding carboxylic acids is 1. The topological polar surface area (TPSA) is 80.9 Å². The molecule has 0 radical (unpaired) electrons. The van der Waals surface area contributed by atoms with Crippen LogP contribution in [0.5, 0.6) is 0 Å². The van der Waals surface area contributed by atoms with Crippen LogP contribution in [-0.4, -0.2) is 33.7 Å². The third-order valence-corrected chi connectivity index (χ3v) is 4.39. The summed E-state index contributed by atoms with van der Waals surface area (Å²) in [7, 11) is 1.79. The fraction of sp³-hybridized carbons (Fsp3) is 0.545. The number of carbonyl (C=O) groups is 1. The van der Waals surface area contributed by atoms with Gasteiger partial charge in [0.05, 0.1) is 5.54 Å². The predicted octanol–water partition coefficient (Wildman–Crippen LogP) is 0.565. The molecule has 1 aliphatic carbocycles. The number of primary amides is 1. The van der Waals surface area contributed by atoms with Crippen LogP contribution in [0, 0.1) is 0 Å². The molecule has 2 unspecified atom stereocenters. The summed E-state index contributed by atoms with van der Waals surface area (Å²) in [5.74, 6) is -0.267. The van der Waals surface area contributed by atoms with Gasteiger partial charge in [-0.25, -0.2) is 9.97 Å². The summed E-state index contributed by atoms with van der Waals surface area (Å²) in [5.41, 5.74) is 4.91. The molecule has 0 spiro atoms. The first kappa shape index (κ1) is 12.3. The van der Waals surface area contributed by atoms with Crippen LogP contribution in [-0.2, 0) is 4.79 Å². The molecule has 0 aliphatic heterocycles. The van der Waals surface area contributed by atoms with Crippen LogP contribution in [0.25, 0.3) is 0 Å². The number of rotatable bonds is 4. The number of hydrogen-bond acceptors (Lipinski definition) is 5. The number of amides is 1. The Bertz CT molecular complexity index is 400. The van der Waals surface area contributed by atoms with Crippen LogP contribution in [0.1, 0.15) is 19.3 Å². The molecule has 1 aromatic rings. The standard InChI is InChI=1S/C11H16N4OS/c1-13-11(9(12)16)4-3-8(7-11)17-10-14-5-2-6-15-10/h2,5-6,8,13H,3-4,7H2,1H3,(H2,12,16). The normalized spacial score (nSPS) is 28.2. The lowest BCUT2D eigenvalue weighted by Crippen LogP contribution is -2.52. The molecule has 3 N–H and O–H groups in total. The smallest absolute Gasteiger partial charge is 0.237 e. The van der Waals surface area contributed by atoms with Crippen molar-refractivity contribution in [3.05, 3.63) is 18.5 Å². The molecule has 2 rings (SSSR count). The van der Waals surface area contributed by atoms with E-state index in [1.165, 1.54) is 0 Å². The second-order valence-electron chi connectivity index (χ2n) is 4.21. The van der Waals surface area contributed by atoms with E-state index in [-0.39, 0.29) is 5.91 Å². The molecule has 2 atom stereocenters. The number of hydrogen-bond donors (Lipinski definition) is 2. The minimum absolute atomic E-state index is 0.267. The van der Waals surface area contributed by atoms with Gasteiger partial charge in [0.2, 0.25) is 5.91 Å². The average molecular weight is 252 g/mol. The Morgan fingerprint density at radius 3 is 2.82 bits per heavy atom. The van der Waals surface area contributed by atoms with Crippen LogP contribution >= 0.6 is 11.8 Å². The third kappa shape index (κ3) is 2.58. The molecule has 1 saturated carbocycles. The van der Waals surface area contributed by atoms with E-state index in [0.717, 1.165) is 24.4 Å². The summed E-state index contributed by atoms with van der Waals surface area (Å²) in [6, 6.07) is 1.79. The highest BCUT2D eigenvalue weighted by Gasteiger charge is 2.43. The Hall–Kier alpha value is -1.14. The van der Waals surface area contributed by atoms with Gasteiger partial charge in [0.15, 0.2) is 5.16 Å². The molecule has 0 bridgehead atoms. The van der Waals surface area contributed by atoms with Crippen LogP contribution in [0.4, 0.5) is 0 Å². The van der Waals surface area contributed by atoms with E-state index in [2.05, 4.69) is 15.3 Å². The van der Waals surface area contributed by atoms with Crippen LogP contribution in [0.2, 0.25) is 0 Å². The zero-order chi connectivity index (χ0) is 12.3. The largest absolute Gasteiger partial charge is 0.368 e. The van der Waals surface area contributed by atoms with Gasteiger partial charge >= 0.3 is 0 Å². The maximum Gasteiger partial charge on any atom is 0.237 e. The lowest BCUT2D eigenvalue weighted by molar-refractivity contribution is -0.124. The van der Waals surface area contributed by atoms with Gasteiger partial charge < -0.3 is 11.1 Å². The maximum atomic E-state index is 11.5. The van der Waals surface area contributed by atoms with Crippen molar-refractivity contribution in [3.8, 4) is 0 Å². The lowest BCUT2D eigenvalue weighted by Gasteiger charge is -2.24. The number of nitrogens with zero attached hydrogens (tertiary/aromatic N) is 2. The first-order chi connectivity index (χ1) is 8.16. The SMILES string of the molecule is CNC1(C(N)=O)CCC(Sc2ncccn2)C1. The van der Waals surface area contributed by atoms with Gasteiger partial charge in [0.1, 0.15) is 0 Å². The van der Waals surface area contributed by atoms with Crippen LogP contribution in [0.15, 0.2) is 23.6 Å². The maximum absolute atomic E-state index is 11.5. The van der Waals surface area contributed by atoms with E-state index in [1.807, 2.05) is 0 Å². The molecule has 1 fully saturated rings. The zero-order valence-electron chi connectivity index (χ0n) is 9.72. The van der Waals surface area contributed by atoms with Crippen molar-refractivity contribution in [2.45, 2.75) is 35.2 Å². The van der Waals surface area contributed by atoms with Gasteiger partial charge in [0.25, 0.3) is 0 Å². The first-order valence-electron chi connectivity index (χ1n) is 5.59. The Labute approximate surface area is 105 Å². The van der Waals surface area contributed by atoms with Crippen molar-refractivity contribution in [3.63, 3.8) is 0 Å². The van der Waals surface area contributed by atoms with E-state index in [4.69, 9.17) is 5.73 Å². The molecule has 92 valence electrons. The Kier molecular flexibility index (Phi) is 3.63. The molecule has 1 heterocycles. The van der Waals surface area contributed by atoms with E-state index < -0.39 is 5.54 Å². The average Bonchev–Trinajstić information content (AvgIpc) is 2.75. The van der Waals surface area contributed by atoms with Crippen LogP contribution in [0.3, 0.4) is 0 Å². The number of thioether (sulfide) groups is 1. The highest BCUT2D eigenvalue weighted by Crippen LogP contribution is 2.38. The van der Waals surface area contributed by atoms with E-state index >= 15 is 0 Å². The number of nitrogens with one attached hydrogen (secondary N) is 1. The molecule has 0 aromatic carbocycles. The molecular weight excluding hydrogens is 236 g/mol. The molecular formula is C11H16N4OS. The summed E-state index contributed by atoms with van der Waals surface area (Å²) in [4.78, 5) is 19.8. The molecule has 17 heavy (non-hydrogen) atoms.